The predicted octanol–water partition coefficient (Wildman–Crippen LogP) is 1.62. The van der Waals surface area contributed by atoms with Crippen molar-refractivity contribution in [2.45, 2.75) is 38.7 Å². The van der Waals surface area contributed by atoms with Gasteiger partial charge in [-0.3, -0.25) is 9.59 Å². The zero-order chi connectivity index (χ0) is 10.2. The van der Waals surface area contributed by atoms with Crippen molar-refractivity contribution in [3.8, 4) is 0 Å². The average molecular weight is 194 g/mol. The van der Waals surface area contributed by atoms with Crippen LogP contribution in [0.4, 0.5) is 0 Å². The van der Waals surface area contributed by atoms with Gasteiger partial charge in [0.15, 0.2) is 5.78 Å². The summed E-state index contributed by atoms with van der Waals surface area (Å²) in [6.45, 7) is 2.61. The van der Waals surface area contributed by atoms with Gasteiger partial charge in [-0.2, -0.15) is 0 Å². The van der Waals surface area contributed by atoms with Crippen LogP contribution in [0.1, 0.15) is 32.6 Å². The second-order valence-corrected chi connectivity index (χ2v) is 4.31. The molecule has 1 saturated carbocycles. The Balaban J connectivity index is 2.27. The molecule has 3 nitrogen and oxygen atoms in total. The van der Waals surface area contributed by atoms with Crippen molar-refractivity contribution < 1.29 is 14.3 Å². The summed E-state index contributed by atoms with van der Waals surface area (Å²) in [5.74, 6) is 0.212. The van der Waals surface area contributed by atoms with Gasteiger partial charge in [0, 0.05) is 11.8 Å². The standard InChI is InChI=1S/C11H14O3/c1-11-5-4-9(13)6-8(11)2-3-10(11)14-7-12/h6-7,10H,2-5H2,1H3/t10-,11-/m0/s1. The highest BCUT2D eigenvalue weighted by atomic mass is 16.5. The van der Waals surface area contributed by atoms with E-state index in [2.05, 4.69) is 6.92 Å². The molecule has 0 N–H and O–H groups in total. The van der Waals surface area contributed by atoms with Gasteiger partial charge in [-0.05, 0) is 25.3 Å². The molecule has 0 aliphatic heterocycles. The number of ether oxygens (including phenoxy) is 1. The van der Waals surface area contributed by atoms with Gasteiger partial charge in [-0.25, -0.2) is 0 Å². The van der Waals surface area contributed by atoms with Gasteiger partial charge in [0.2, 0.25) is 0 Å². The molecule has 1 fully saturated rings. The van der Waals surface area contributed by atoms with Crippen molar-refractivity contribution >= 4 is 12.3 Å². The van der Waals surface area contributed by atoms with Crippen LogP contribution in [0.25, 0.3) is 0 Å². The summed E-state index contributed by atoms with van der Waals surface area (Å²) in [6.07, 6.45) is 4.86. The van der Waals surface area contributed by atoms with Crippen LogP contribution >= 0.6 is 0 Å². The van der Waals surface area contributed by atoms with Crippen LogP contribution in [0, 0.1) is 5.41 Å². The van der Waals surface area contributed by atoms with Crippen molar-refractivity contribution in [1.29, 1.82) is 0 Å². The Bertz CT molecular complexity index is 306. The van der Waals surface area contributed by atoms with Crippen LogP contribution in [-0.2, 0) is 14.3 Å². The van der Waals surface area contributed by atoms with Gasteiger partial charge in [-0.15, -0.1) is 0 Å². The average Bonchev–Trinajstić information content (AvgIpc) is 2.46. The summed E-state index contributed by atoms with van der Waals surface area (Å²) in [5, 5.41) is 0. The van der Waals surface area contributed by atoms with Crippen molar-refractivity contribution in [3.05, 3.63) is 11.6 Å². The van der Waals surface area contributed by atoms with Gasteiger partial charge >= 0.3 is 0 Å². The molecule has 0 bridgehead atoms. The van der Waals surface area contributed by atoms with Gasteiger partial charge in [0.25, 0.3) is 6.47 Å². The summed E-state index contributed by atoms with van der Waals surface area (Å²) < 4.78 is 5.08. The third kappa shape index (κ3) is 1.27. The maximum absolute atomic E-state index is 11.2. The lowest BCUT2D eigenvalue weighted by molar-refractivity contribution is -0.137. The maximum atomic E-state index is 11.2. The van der Waals surface area contributed by atoms with Gasteiger partial charge in [0.1, 0.15) is 6.10 Å². The Kier molecular flexibility index (Phi) is 2.17. The van der Waals surface area contributed by atoms with E-state index in [9.17, 15) is 9.59 Å². The van der Waals surface area contributed by atoms with E-state index in [1.807, 2.05) is 0 Å². The van der Waals surface area contributed by atoms with Crippen LogP contribution in [0.3, 0.4) is 0 Å². The monoisotopic (exact) mass is 194 g/mol. The Morgan fingerprint density at radius 3 is 3.07 bits per heavy atom. The molecule has 2 atom stereocenters. The predicted molar refractivity (Wildman–Crippen MR) is 50.6 cm³/mol. The lowest BCUT2D eigenvalue weighted by Crippen LogP contribution is -2.33. The summed E-state index contributed by atoms with van der Waals surface area (Å²) in [7, 11) is 0. The lowest BCUT2D eigenvalue weighted by atomic mass is 9.74. The van der Waals surface area contributed by atoms with E-state index in [1.165, 1.54) is 5.57 Å². The summed E-state index contributed by atoms with van der Waals surface area (Å²) in [5.41, 5.74) is 1.09. The molecule has 2 aliphatic carbocycles. The quantitative estimate of drug-likeness (QED) is 0.627. The zero-order valence-corrected chi connectivity index (χ0v) is 8.29. The largest absolute Gasteiger partial charge is 0.464 e. The number of carbonyl (C=O) groups is 2. The molecule has 14 heavy (non-hydrogen) atoms. The van der Waals surface area contributed by atoms with Crippen LogP contribution in [0.2, 0.25) is 0 Å². The summed E-state index contributed by atoms with van der Waals surface area (Å²) in [4.78, 5) is 21.6. The Morgan fingerprint density at radius 1 is 1.57 bits per heavy atom. The van der Waals surface area contributed by atoms with Crippen LogP contribution in [-0.4, -0.2) is 18.4 Å². The normalized spacial score (nSPS) is 36.2. The van der Waals surface area contributed by atoms with Crippen LogP contribution in [0.15, 0.2) is 11.6 Å². The molecule has 2 aliphatic rings. The third-order valence-corrected chi connectivity index (χ3v) is 3.57. The molecule has 0 radical (unpaired) electrons. The fourth-order valence-electron chi connectivity index (χ4n) is 2.59. The Labute approximate surface area is 83.1 Å². The first kappa shape index (κ1) is 9.44. The van der Waals surface area contributed by atoms with Crippen molar-refractivity contribution in [2.75, 3.05) is 0 Å². The highest BCUT2D eigenvalue weighted by Crippen LogP contribution is 2.49. The van der Waals surface area contributed by atoms with Crippen LogP contribution in [0.5, 0.6) is 0 Å². The van der Waals surface area contributed by atoms with Crippen molar-refractivity contribution in [2.24, 2.45) is 5.41 Å². The molecule has 0 saturated heterocycles. The fraction of sp³-hybridized carbons (Fsp3) is 0.636. The van der Waals surface area contributed by atoms with E-state index in [0.29, 0.717) is 12.9 Å². The molecule has 0 unspecified atom stereocenters. The minimum absolute atomic E-state index is 0.0284. The third-order valence-electron chi connectivity index (χ3n) is 3.57. The topological polar surface area (TPSA) is 43.4 Å². The highest BCUT2D eigenvalue weighted by Gasteiger charge is 2.46. The molecule has 0 aromatic carbocycles. The Hall–Kier alpha value is -1.12. The van der Waals surface area contributed by atoms with E-state index < -0.39 is 0 Å². The zero-order valence-electron chi connectivity index (χ0n) is 8.29. The van der Waals surface area contributed by atoms with Crippen LogP contribution < -0.4 is 0 Å². The minimum Gasteiger partial charge on any atom is -0.464 e. The SMILES string of the molecule is C[C@]12CCC(=O)C=C1CC[C@@H]2OC=O. The van der Waals surface area contributed by atoms with Gasteiger partial charge in [0.05, 0.1) is 0 Å². The molecule has 2 rings (SSSR count). The van der Waals surface area contributed by atoms with Gasteiger partial charge < -0.3 is 4.74 Å². The van der Waals surface area contributed by atoms with Gasteiger partial charge in [-0.1, -0.05) is 12.5 Å². The second kappa shape index (κ2) is 3.23. The smallest absolute Gasteiger partial charge is 0.293 e. The molecular formula is C11H14O3. The molecule has 3 heteroatoms. The van der Waals surface area contributed by atoms with Crippen molar-refractivity contribution in [3.63, 3.8) is 0 Å². The molecule has 0 heterocycles. The molecule has 0 spiro atoms. The Morgan fingerprint density at radius 2 is 2.36 bits per heavy atom. The number of rotatable bonds is 2. The van der Waals surface area contributed by atoms with E-state index in [0.717, 1.165) is 19.3 Å². The van der Waals surface area contributed by atoms with E-state index >= 15 is 0 Å². The first-order chi connectivity index (χ1) is 6.66. The first-order valence-corrected chi connectivity index (χ1v) is 5.00. The fourth-order valence-corrected chi connectivity index (χ4v) is 2.59. The summed E-state index contributed by atoms with van der Waals surface area (Å²) >= 11 is 0. The number of ketones is 1. The maximum Gasteiger partial charge on any atom is 0.293 e. The second-order valence-electron chi connectivity index (χ2n) is 4.31. The molecule has 0 aromatic rings. The number of hydrogen-bond donors (Lipinski definition) is 0. The molecular weight excluding hydrogens is 180 g/mol. The minimum atomic E-state index is -0.0746. The van der Waals surface area contributed by atoms with E-state index in [-0.39, 0.29) is 17.3 Å². The number of carbonyl (C=O) groups excluding carboxylic acids is 2. The first-order valence-electron chi connectivity index (χ1n) is 5.00. The lowest BCUT2D eigenvalue weighted by Gasteiger charge is -2.33. The summed E-state index contributed by atoms with van der Waals surface area (Å²) in [6, 6.07) is 0. The highest BCUT2D eigenvalue weighted by molar-refractivity contribution is 5.91. The molecule has 0 aromatic heterocycles. The number of fused-ring (bicyclic) bond motifs is 1. The van der Waals surface area contributed by atoms with Crippen molar-refractivity contribution in [1.82, 2.24) is 0 Å². The molecule has 76 valence electrons. The van der Waals surface area contributed by atoms with E-state index in [1.54, 1.807) is 6.08 Å². The van der Waals surface area contributed by atoms with E-state index in [4.69, 9.17) is 4.74 Å². The molecule has 0 amide bonds. The number of allylic oxidation sites excluding steroid dienone is 1. The number of hydrogen-bond acceptors (Lipinski definition) is 3.